The molecule has 0 amide bonds. The molecule has 0 spiro atoms. The maximum Gasteiger partial charge on any atom is 0.133 e. The molecular formula is C15H22FN3OS. The van der Waals surface area contributed by atoms with Crippen LogP contribution in [0.5, 0.6) is 0 Å². The third kappa shape index (κ3) is 4.71. The van der Waals surface area contributed by atoms with Gasteiger partial charge in [0.25, 0.3) is 0 Å². The van der Waals surface area contributed by atoms with Crippen LogP contribution in [0.25, 0.3) is 0 Å². The first kappa shape index (κ1) is 16.3. The van der Waals surface area contributed by atoms with E-state index >= 15 is 0 Å². The highest BCUT2D eigenvalue weighted by Gasteiger charge is 2.15. The largest absolute Gasteiger partial charge is 0.395 e. The predicted molar refractivity (Wildman–Crippen MR) is 85.7 cm³/mol. The number of thiocarbonyl (C=S) groups is 1. The average molecular weight is 311 g/mol. The Hall–Kier alpha value is -1.08. The van der Waals surface area contributed by atoms with Crippen molar-refractivity contribution in [1.82, 2.24) is 9.80 Å². The normalized spacial score (nSPS) is 17.6. The Balaban J connectivity index is 1.98. The minimum Gasteiger partial charge on any atom is -0.395 e. The van der Waals surface area contributed by atoms with Gasteiger partial charge in [-0.05, 0) is 37.2 Å². The second-order valence-corrected chi connectivity index (χ2v) is 5.81. The summed E-state index contributed by atoms with van der Waals surface area (Å²) >= 11 is 4.87. The fraction of sp³-hybridized carbons (Fsp3) is 0.533. The zero-order valence-electron chi connectivity index (χ0n) is 12.1. The van der Waals surface area contributed by atoms with Gasteiger partial charge in [0.1, 0.15) is 10.8 Å². The topological polar surface area (TPSA) is 52.7 Å². The lowest BCUT2D eigenvalue weighted by Gasteiger charge is -2.21. The number of nitrogens with zero attached hydrogens (tertiary/aromatic N) is 2. The molecule has 0 saturated carbocycles. The Labute approximate surface area is 130 Å². The molecule has 1 saturated heterocycles. The van der Waals surface area contributed by atoms with Crippen LogP contribution >= 0.6 is 12.2 Å². The van der Waals surface area contributed by atoms with E-state index in [0.717, 1.165) is 51.3 Å². The molecule has 4 nitrogen and oxygen atoms in total. The molecule has 0 atom stereocenters. The number of hydrogen-bond donors (Lipinski definition) is 2. The van der Waals surface area contributed by atoms with E-state index in [-0.39, 0.29) is 17.4 Å². The summed E-state index contributed by atoms with van der Waals surface area (Å²) in [6, 6.07) is 4.96. The van der Waals surface area contributed by atoms with Crippen molar-refractivity contribution in [3.63, 3.8) is 0 Å². The number of aliphatic hydroxyl groups excluding tert-OH is 1. The molecule has 6 heteroatoms. The third-order valence-corrected chi connectivity index (χ3v) is 4.02. The second-order valence-electron chi connectivity index (χ2n) is 5.37. The van der Waals surface area contributed by atoms with Gasteiger partial charge in [-0.2, -0.15) is 0 Å². The SMILES string of the molecule is NC(=S)c1cc(CN2CCCN(CCO)CC2)ccc1F. The fourth-order valence-corrected chi connectivity index (χ4v) is 2.82. The van der Waals surface area contributed by atoms with Crippen LogP contribution in [0.2, 0.25) is 0 Å². The van der Waals surface area contributed by atoms with Crippen molar-refractivity contribution < 1.29 is 9.50 Å². The highest BCUT2D eigenvalue weighted by molar-refractivity contribution is 7.80. The minimum absolute atomic E-state index is 0.0966. The first-order valence-corrected chi connectivity index (χ1v) is 7.65. The van der Waals surface area contributed by atoms with Gasteiger partial charge < -0.3 is 10.8 Å². The number of nitrogens with two attached hydrogens (primary N) is 1. The lowest BCUT2D eigenvalue weighted by atomic mass is 10.1. The van der Waals surface area contributed by atoms with Crippen molar-refractivity contribution in [3.05, 3.63) is 35.1 Å². The first-order chi connectivity index (χ1) is 10.1. The quantitative estimate of drug-likeness (QED) is 0.793. The summed E-state index contributed by atoms with van der Waals surface area (Å²) in [7, 11) is 0. The van der Waals surface area contributed by atoms with E-state index in [1.165, 1.54) is 6.07 Å². The Morgan fingerprint density at radius 1 is 1.24 bits per heavy atom. The van der Waals surface area contributed by atoms with Gasteiger partial charge in [-0.15, -0.1) is 0 Å². The third-order valence-electron chi connectivity index (χ3n) is 3.80. The molecule has 1 aliphatic rings. The summed E-state index contributed by atoms with van der Waals surface area (Å²) in [5, 5.41) is 9.01. The van der Waals surface area contributed by atoms with Gasteiger partial charge >= 0.3 is 0 Å². The van der Waals surface area contributed by atoms with E-state index < -0.39 is 0 Å². The molecule has 0 radical (unpaired) electrons. The second kappa shape index (κ2) is 7.79. The maximum atomic E-state index is 13.6. The van der Waals surface area contributed by atoms with Gasteiger partial charge in [-0.25, -0.2) is 4.39 Å². The number of rotatable bonds is 5. The molecule has 1 aliphatic heterocycles. The van der Waals surface area contributed by atoms with Crippen molar-refractivity contribution in [3.8, 4) is 0 Å². The van der Waals surface area contributed by atoms with Crippen LogP contribution in [-0.2, 0) is 6.54 Å². The van der Waals surface area contributed by atoms with Crippen LogP contribution in [0.1, 0.15) is 17.5 Å². The van der Waals surface area contributed by atoms with Crippen LogP contribution in [0.3, 0.4) is 0 Å². The summed E-state index contributed by atoms with van der Waals surface area (Å²) in [6.07, 6.45) is 1.07. The molecule has 1 aromatic rings. The monoisotopic (exact) mass is 311 g/mol. The molecule has 1 fully saturated rings. The zero-order chi connectivity index (χ0) is 15.2. The van der Waals surface area contributed by atoms with E-state index in [1.807, 2.05) is 0 Å². The molecular weight excluding hydrogens is 289 g/mol. The molecule has 1 heterocycles. The maximum absolute atomic E-state index is 13.6. The number of β-amino-alcohol motifs (C(OH)–C–C–N with tert-alkyl or cyclic N) is 1. The standard InChI is InChI=1S/C15H22FN3OS/c16-14-3-2-12(10-13(14)15(17)21)11-19-5-1-4-18(6-7-19)8-9-20/h2-3,10,20H,1,4-9,11H2,(H2,17,21). The highest BCUT2D eigenvalue weighted by atomic mass is 32.1. The van der Waals surface area contributed by atoms with E-state index in [1.54, 1.807) is 12.1 Å². The van der Waals surface area contributed by atoms with E-state index in [2.05, 4.69) is 9.80 Å². The lowest BCUT2D eigenvalue weighted by molar-refractivity contribution is 0.196. The summed E-state index contributed by atoms with van der Waals surface area (Å²) in [4.78, 5) is 4.71. The summed E-state index contributed by atoms with van der Waals surface area (Å²) < 4.78 is 13.6. The molecule has 0 unspecified atom stereocenters. The minimum atomic E-state index is -0.365. The van der Waals surface area contributed by atoms with Crippen molar-refractivity contribution >= 4 is 17.2 Å². The number of halogens is 1. The molecule has 2 rings (SSSR count). The highest BCUT2D eigenvalue weighted by Crippen LogP contribution is 2.14. The van der Waals surface area contributed by atoms with E-state index in [4.69, 9.17) is 23.1 Å². The lowest BCUT2D eigenvalue weighted by Crippen LogP contribution is -2.32. The Bertz CT molecular complexity index is 498. The summed E-state index contributed by atoms with van der Waals surface area (Å²) in [6.45, 7) is 5.61. The molecule has 0 bridgehead atoms. The van der Waals surface area contributed by atoms with Crippen LogP contribution < -0.4 is 5.73 Å². The van der Waals surface area contributed by atoms with Crippen LogP contribution in [-0.4, -0.2) is 59.2 Å². The van der Waals surface area contributed by atoms with Crippen LogP contribution in [0.4, 0.5) is 4.39 Å². The average Bonchev–Trinajstić information content (AvgIpc) is 2.67. The van der Waals surface area contributed by atoms with Crippen molar-refractivity contribution in [1.29, 1.82) is 0 Å². The van der Waals surface area contributed by atoms with Gasteiger partial charge in [0.05, 0.1) is 6.61 Å². The van der Waals surface area contributed by atoms with Gasteiger partial charge in [0.2, 0.25) is 0 Å². The van der Waals surface area contributed by atoms with Crippen LogP contribution in [0, 0.1) is 5.82 Å². The molecule has 0 aromatic heterocycles. The number of hydrogen-bond acceptors (Lipinski definition) is 4. The molecule has 116 valence electrons. The van der Waals surface area contributed by atoms with Crippen molar-refractivity contribution in [2.75, 3.05) is 39.3 Å². The molecule has 3 N–H and O–H groups in total. The van der Waals surface area contributed by atoms with Crippen LogP contribution in [0.15, 0.2) is 18.2 Å². The summed E-state index contributed by atoms with van der Waals surface area (Å²) in [5.41, 5.74) is 6.88. The van der Waals surface area contributed by atoms with Gasteiger partial charge in [-0.3, -0.25) is 9.80 Å². The Kier molecular flexibility index (Phi) is 6.05. The smallest absolute Gasteiger partial charge is 0.133 e. The number of benzene rings is 1. The van der Waals surface area contributed by atoms with Gasteiger partial charge in [0.15, 0.2) is 0 Å². The van der Waals surface area contributed by atoms with Gasteiger partial charge in [0, 0.05) is 31.7 Å². The van der Waals surface area contributed by atoms with Gasteiger partial charge in [-0.1, -0.05) is 18.3 Å². The van der Waals surface area contributed by atoms with E-state index in [9.17, 15) is 4.39 Å². The van der Waals surface area contributed by atoms with Crippen molar-refractivity contribution in [2.45, 2.75) is 13.0 Å². The van der Waals surface area contributed by atoms with E-state index in [0.29, 0.717) is 5.56 Å². The zero-order valence-corrected chi connectivity index (χ0v) is 12.9. The molecule has 0 aliphatic carbocycles. The Morgan fingerprint density at radius 3 is 2.67 bits per heavy atom. The number of aliphatic hydroxyl groups is 1. The Morgan fingerprint density at radius 2 is 1.95 bits per heavy atom. The molecule has 21 heavy (non-hydrogen) atoms. The fourth-order valence-electron chi connectivity index (χ4n) is 2.67. The van der Waals surface area contributed by atoms with Crippen molar-refractivity contribution in [2.24, 2.45) is 5.73 Å². The first-order valence-electron chi connectivity index (χ1n) is 7.24. The summed E-state index contributed by atoms with van der Waals surface area (Å²) in [5.74, 6) is -0.365. The predicted octanol–water partition coefficient (Wildman–Crippen LogP) is 0.960. The molecule has 1 aromatic carbocycles.